The molecule has 0 aliphatic heterocycles. The van der Waals surface area contributed by atoms with Crippen LogP contribution in [0.4, 0.5) is 0 Å². The zero-order chi connectivity index (χ0) is 9.19. The molecule has 12 heavy (non-hydrogen) atoms. The van der Waals surface area contributed by atoms with E-state index in [1.807, 2.05) is 0 Å². The van der Waals surface area contributed by atoms with Crippen molar-refractivity contribution in [1.82, 2.24) is 0 Å². The molecule has 0 radical (unpaired) electrons. The van der Waals surface area contributed by atoms with Gasteiger partial charge >= 0.3 is 0 Å². The van der Waals surface area contributed by atoms with Crippen molar-refractivity contribution >= 4 is 11.3 Å². The fourth-order valence-electron chi connectivity index (χ4n) is 1.48. The third-order valence-corrected chi connectivity index (χ3v) is 3.36. The lowest BCUT2D eigenvalue weighted by molar-refractivity contribution is 0.307. The molecule has 0 spiro atoms. The summed E-state index contributed by atoms with van der Waals surface area (Å²) in [6.45, 7) is 6.51. The number of hydrogen-bond acceptors (Lipinski definition) is 2. The minimum atomic E-state index is -0.125. The summed E-state index contributed by atoms with van der Waals surface area (Å²) >= 11 is 1.72. The van der Waals surface area contributed by atoms with Crippen LogP contribution in [0.2, 0.25) is 0 Å². The maximum absolute atomic E-state index is 6.31. The summed E-state index contributed by atoms with van der Waals surface area (Å²) < 4.78 is 0. The van der Waals surface area contributed by atoms with Crippen LogP contribution in [0.15, 0.2) is 16.8 Å². The number of nitrogens with two attached hydrogens (primary N) is 1. The molecular formula is C10H17NS. The van der Waals surface area contributed by atoms with Crippen molar-refractivity contribution in [1.29, 1.82) is 0 Å². The van der Waals surface area contributed by atoms with Crippen molar-refractivity contribution in [2.45, 2.75) is 32.7 Å². The second-order valence-electron chi connectivity index (χ2n) is 3.56. The van der Waals surface area contributed by atoms with Gasteiger partial charge in [-0.2, -0.15) is 11.3 Å². The predicted octanol–water partition coefficient (Wildman–Crippen LogP) is 2.97. The first kappa shape index (κ1) is 9.75. The first-order chi connectivity index (χ1) is 5.61. The van der Waals surface area contributed by atoms with E-state index < -0.39 is 0 Å². The summed E-state index contributed by atoms with van der Waals surface area (Å²) in [5.41, 5.74) is 7.47. The van der Waals surface area contributed by atoms with Crippen molar-refractivity contribution in [3.63, 3.8) is 0 Å². The Morgan fingerprint density at radius 1 is 1.58 bits per heavy atom. The van der Waals surface area contributed by atoms with Crippen molar-refractivity contribution in [3.05, 3.63) is 22.4 Å². The van der Waals surface area contributed by atoms with Crippen LogP contribution < -0.4 is 5.73 Å². The van der Waals surface area contributed by atoms with Gasteiger partial charge in [0.05, 0.1) is 0 Å². The van der Waals surface area contributed by atoms with Gasteiger partial charge in [0.25, 0.3) is 0 Å². The second-order valence-corrected chi connectivity index (χ2v) is 4.34. The van der Waals surface area contributed by atoms with Gasteiger partial charge in [-0.05, 0) is 34.7 Å². The molecule has 1 heterocycles. The molecule has 0 bridgehead atoms. The summed E-state index contributed by atoms with van der Waals surface area (Å²) in [6, 6.07) is 2.13. The lowest BCUT2D eigenvalue weighted by atomic mass is 9.80. The number of thiophene rings is 1. The SMILES string of the molecule is CCC(N)(c1ccsc1)C(C)C. The Morgan fingerprint density at radius 3 is 2.58 bits per heavy atom. The first-order valence-electron chi connectivity index (χ1n) is 4.42. The average molecular weight is 183 g/mol. The molecule has 0 aliphatic rings. The first-order valence-corrected chi connectivity index (χ1v) is 5.37. The highest BCUT2D eigenvalue weighted by Crippen LogP contribution is 2.31. The van der Waals surface area contributed by atoms with Crippen LogP contribution in [0.3, 0.4) is 0 Å². The molecular weight excluding hydrogens is 166 g/mol. The van der Waals surface area contributed by atoms with E-state index in [1.165, 1.54) is 5.56 Å². The third-order valence-electron chi connectivity index (χ3n) is 2.67. The van der Waals surface area contributed by atoms with E-state index in [9.17, 15) is 0 Å². The molecule has 0 fully saturated rings. The Bertz CT molecular complexity index is 228. The number of hydrogen-bond donors (Lipinski definition) is 1. The van der Waals surface area contributed by atoms with E-state index in [1.54, 1.807) is 11.3 Å². The van der Waals surface area contributed by atoms with Crippen LogP contribution in [-0.2, 0) is 5.54 Å². The Hall–Kier alpha value is -0.340. The van der Waals surface area contributed by atoms with E-state index in [0.29, 0.717) is 5.92 Å². The van der Waals surface area contributed by atoms with Crippen LogP contribution >= 0.6 is 11.3 Å². The minimum absolute atomic E-state index is 0.125. The van der Waals surface area contributed by atoms with Gasteiger partial charge in [-0.15, -0.1) is 0 Å². The highest BCUT2D eigenvalue weighted by atomic mass is 32.1. The molecule has 0 amide bonds. The third kappa shape index (κ3) is 1.54. The Labute approximate surface area is 78.6 Å². The van der Waals surface area contributed by atoms with E-state index in [0.717, 1.165) is 6.42 Å². The zero-order valence-electron chi connectivity index (χ0n) is 8.00. The summed E-state index contributed by atoms with van der Waals surface area (Å²) in [5.74, 6) is 0.497. The van der Waals surface area contributed by atoms with Crippen LogP contribution in [0.5, 0.6) is 0 Å². The van der Waals surface area contributed by atoms with Crippen molar-refractivity contribution in [2.75, 3.05) is 0 Å². The fourth-order valence-corrected chi connectivity index (χ4v) is 2.22. The van der Waals surface area contributed by atoms with Gasteiger partial charge in [-0.25, -0.2) is 0 Å². The molecule has 68 valence electrons. The smallest absolute Gasteiger partial charge is 0.0438 e. The molecule has 1 rings (SSSR count). The monoisotopic (exact) mass is 183 g/mol. The number of rotatable bonds is 3. The van der Waals surface area contributed by atoms with Gasteiger partial charge < -0.3 is 5.73 Å². The quantitative estimate of drug-likeness (QED) is 0.766. The maximum Gasteiger partial charge on any atom is 0.0438 e. The molecule has 0 aromatic carbocycles. The van der Waals surface area contributed by atoms with Crippen LogP contribution in [0, 0.1) is 5.92 Å². The topological polar surface area (TPSA) is 26.0 Å². The molecule has 2 heteroatoms. The molecule has 0 aliphatic carbocycles. The van der Waals surface area contributed by atoms with E-state index in [4.69, 9.17) is 5.73 Å². The summed E-state index contributed by atoms with van der Waals surface area (Å²) in [5, 5.41) is 4.25. The van der Waals surface area contributed by atoms with Gasteiger partial charge in [0, 0.05) is 5.54 Å². The maximum atomic E-state index is 6.31. The molecule has 1 atom stereocenters. The Kier molecular flexibility index (Phi) is 2.91. The molecule has 0 saturated carbocycles. The molecule has 0 saturated heterocycles. The van der Waals surface area contributed by atoms with Crippen molar-refractivity contribution in [3.8, 4) is 0 Å². The molecule has 1 nitrogen and oxygen atoms in total. The van der Waals surface area contributed by atoms with E-state index >= 15 is 0 Å². The van der Waals surface area contributed by atoms with Gasteiger partial charge in [0.2, 0.25) is 0 Å². The van der Waals surface area contributed by atoms with Gasteiger partial charge in [0.15, 0.2) is 0 Å². The lowest BCUT2D eigenvalue weighted by Gasteiger charge is -2.32. The van der Waals surface area contributed by atoms with E-state index in [2.05, 4.69) is 37.6 Å². The highest BCUT2D eigenvalue weighted by molar-refractivity contribution is 7.08. The van der Waals surface area contributed by atoms with Gasteiger partial charge in [-0.1, -0.05) is 20.8 Å². The normalized spacial score (nSPS) is 16.4. The largest absolute Gasteiger partial charge is 0.321 e. The zero-order valence-corrected chi connectivity index (χ0v) is 8.82. The van der Waals surface area contributed by atoms with Crippen LogP contribution in [0.1, 0.15) is 32.8 Å². The molecule has 1 aromatic rings. The minimum Gasteiger partial charge on any atom is -0.321 e. The lowest BCUT2D eigenvalue weighted by Crippen LogP contribution is -2.40. The van der Waals surface area contributed by atoms with Crippen molar-refractivity contribution < 1.29 is 0 Å². The average Bonchev–Trinajstić information content (AvgIpc) is 2.54. The van der Waals surface area contributed by atoms with Gasteiger partial charge in [-0.3, -0.25) is 0 Å². The van der Waals surface area contributed by atoms with Crippen LogP contribution in [0.25, 0.3) is 0 Å². The summed E-state index contributed by atoms with van der Waals surface area (Å²) in [4.78, 5) is 0. The molecule has 1 aromatic heterocycles. The summed E-state index contributed by atoms with van der Waals surface area (Å²) in [7, 11) is 0. The molecule has 1 unspecified atom stereocenters. The standard InChI is InChI=1S/C10H17NS/c1-4-10(11,8(2)3)9-5-6-12-7-9/h5-8H,4,11H2,1-3H3. The predicted molar refractivity (Wildman–Crippen MR) is 55.3 cm³/mol. The van der Waals surface area contributed by atoms with E-state index in [-0.39, 0.29) is 5.54 Å². The molecule has 2 N–H and O–H groups in total. The van der Waals surface area contributed by atoms with Crippen molar-refractivity contribution in [2.24, 2.45) is 11.7 Å². The highest BCUT2D eigenvalue weighted by Gasteiger charge is 2.28. The van der Waals surface area contributed by atoms with Crippen LogP contribution in [-0.4, -0.2) is 0 Å². The summed E-state index contributed by atoms with van der Waals surface area (Å²) in [6.07, 6.45) is 1.00. The second kappa shape index (κ2) is 3.58. The van der Waals surface area contributed by atoms with Gasteiger partial charge in [0.1, 0.15) is 0 Å². The fraction of sp³-hybridized carbons (Fsp3) is 0.600. The Morgan fingerprint density at radius 2 is 2.25 bits per heavy atom. The Balaban J connectivity index is 2.96.